The molecule has 2 atom stereocenters. The number of thiazole rings is 1. The van der Waals surface area contributed by atoms with Gasteiger partial charge >= 0.3 is 0 Å². The van der Waals surface area contributed by atoms with Gasteiger partial charge in [0, 0.05) is 104 Å². The van der Waals surface area contributed by atoms with Crippen molar-refractivity contribution in [2.45, 2.75) is 91.1 Å². The van der Waals surface area contributed by atoms with Gasteiger partial charge in [0.05, 0.1) is 43.2 Å². The Balaban J connectivity index is 1.42. The average molecular weight is 818 g/mol. The monoisotopic (exact) mass is 817 g/mol. The molecule has 2 aliphatic heterocycles. The number of hydrogen-bond donors (Lipinski definition) is 1. The minimum absolute atomic E-state index is 0.0204. The molecule has 3 aliphatic rings. The van der Waals surface area contributed by atoms with E-state index in [1.807, 2.05) is 20.1 Å². The molecule has 58 heavy (non-hydrogen) atoms. The zero-order chi connectivity index (χ0) is 41.2. The van der Waals surface area contributed by atoms with Crippen molar-refractivity contribution in [3.63, 3.8) is 0 Å². The van der Waals surface area contributed by atoms with Crippen LogP contribution in [0.1, 0.15) is 82.2 Å². The second kappa shape index (κ2) is 20.4. The number of benzene rings is 1. The molecule has 1 N–H and O–H groups in total. The van der Waals surface area contributed by atoms with Crippen molar-refractivity contribution < 1.29 is 28.5 Å². The number of hydrogen-bond acceptors (Lipinski definition) is 12. The second-order valence-electron chi connectivity index (χ2n) is 16.1. The Hall–Kier alpha value is -3.92. The molecule has 3 aromatic rings. The zero-order valence-corrected chi connectivity index (χ0v) is 36.2. The first kappa shape index (κ1) is 43.7. The van der Waals surface area contributed by atoms with Gasteiger partial charge in [-0.1, -0.05) is 12.6 Å². The highest BCUT2D eigenvalue weighted by Crippen LogP contribution is 2.50. The van der Waals surface area contributed by atoms with Crippen molar-refractivity contribution in [3.8, 4) is 11.3 Å². The van der Waals surface area contributed by atoms with Gasteiger partial charge in [-0.05, 0) is 90.6 Å². The molecule has 0 radical (unpaired) electrons. The number of carbonyl (C=O) groups is 2. The predicted octanol–water partition coefficient (Wildman–Crippen LogP) is 6.49. The molecule has 1 saturated carbocycles. The van der Waals surface area contributed by atoms with E-state index >= 15 is 0 Å². The van der Waals surface area contributed by atoms with Crippen LogP contribution in [0.3, 0.4) is 0 Å². The number of fused-ring (bicyclic) bond motifs is 1. The van der Waals surface area contributed by atoms with Gasteiger partial charge in [0.25, 0.3) is 6.47 Å². The Bertz CT molecular complexity index is 1920. The first-order chi connectivity index (χ1) is 28.0. The summed E-state index contributed by atoms with van der Waals surface area (Å²) < 4.78 is 25.9. The van der Waals surface area contributed by atoms with Gasteiger partial charge in [-0.2, -0.15) is 0 Å². The van der Waals surface area contributed by atoms with Crippen LogP contribution in [0.25, 0.3) is 28.2 Å². The highest BCUT2D eigenvalue weighted by molar-refractivity contribution is 7.10. The van der Waals surface area contributed by atoms with Gasteiger partial charge in [-0.15, -0.1) is 11.3 Å². The maximum absolute atomic E-state index is 13.2. The fourth-order valence-corrected chi connectivity index (χ4v) is 8.59. The number of aliphatic imine (C=N–C) groups is 1. The number of hydrazine groups is 1. The van der Waals surface area contributed by atoms with Crippen LogP contribution >= 0.6 is 11.3 Å². The maximum Gasteiger partial charge on any atom is 0.293 e. The minimum atomic E-state index is -0.431. The van der Waals surface area contributed by atoms with Crippen LogP contribution in [0.2, 0.25) is 0 Å². The van der Waals surface area contributed by atoms with Gasteiger partial charge < -0.3 is 33.3 Å². The molecule has 2 aromatic heterocycles. The molecule has 1 aromatic carbocycles. The average Bonchev–Trinajstić information content (AvgIpc) is 3.71. The molecule has 2 saturated heterocycles. The highest BCUT2D eigenvalue weighted by Gasteiger charge is 2.44. The Morgan fingerprint density at radius 3 is 2.59 bits per heavy atom. The number of nitrogens with zero attached hydrogens (tertiary/aromatic N) is 6. The van der Waals surface area contributed by atoms with Gasteiger partial charge in [-0.3, -0.25) is 19.6 Å². The summed E-state index contributed by atoms with van der Waals surface area (Å²) in [6.45, 7) is 20.3. The van der Waals surface area contributed by atoms with Crippen LogP contribution in [-0.4, -0.2) is 128 Å². The lowest BCUT2D eigenvalue weighted by molar-refractivity contribution is -0.138. The van der Waals surface area contributed by atoms with Crippen molar-refractivity contribution in [2.75, 3.05) is 73.2 Å². The van der Waals surface area contributed by atoms with Crippen molar-refractivity contribution in [1.82, 2.24) is 29.8 Å². The predicted molar refractivity (Wildman–Crippen MR) is 231 cm³/mol. The van der Waals surface area contributed by atoms with E-state index in [4.69, 9.17) is 28.9 Å². The van der Waals surface area contributed by atoms with E-state index in [1.165, 1.54) is 11.3 Å². The summed E-state index contributed by atoms with van der Waals surface area (Å²) >= 11 is 1.52. The Morgan fingerprint density at radius 2 is 1.91 bits per heavy atom. The number of rotatable bonds is 21. The summed E-state index contributed by atoms with van der Waals surface area (Å²) in [6, 6.07) is 6.52. The van der Waals surface area contributed by atoms with Crippen LogP contribution in [0.15, 0.2) is 46.5 Å². The van der Waals surface area contributed by atoms with Gasteiger partial charge in [0.2, 0.25) is 5.91 Å². The van der Waals surface area contributed by atoms with Crippen LogP contribution in [0, 0.1) is 5.41 Å². The molecular weight excluding hydrogens is 755 g/mol. The lowest BCUT2D eigenvalue weighted by atomic mass is 9.93. The van der Waals surface area contributed by atoms with Crippen molar-refractivity contribution >= 4 is 46.9 Å². The van der Waals surface area contributed by atoms with E-state index in [2.05, 4.69) is 76.9 Å². The topological polar surface area (TPSA) is 123 Å². The van der Waals surface area contributed by atoms with Crippen LogP contribution < -0.4 is 5.43 Å². The highest BCUT2D eigenvalue weighted by atomic mass is 32.1. The fraction of sp³-hybridized carbons (Fsp3) is 0.591. The third-order valence-corrected chi connectivity index (χ3v) is 12.4. The number of methoxy groups -OCH3 is 1. The third kappa shape index (κ3) is 11.0. The quantitative estimate of drug-likeness (QED) is 0.0944. The van der Waals surface area contributed by atoms with Gasteiger partial charge in [0.15, 0.2) is 0 Å². The minimum Gasteiger partial charge on any atom is -0.467 e. The number of amides is 1. The Kier molecular flexibility index (Phi) is 15.3. The molecule has 316 valence electrons. The molecule has 6 rings (SSSR count). The summed E-state index contributed by atoms with van der Waals surface area (Å²) in [7, 11) is 3.85. The smallest absolute Gasteiger partial charge is 0.293 e. The number of allylic oxidation sites excluding steroid dienone is 1. The summed E-state index contributed by atoms with van der Waals surface area (Å²) in [5.41, 5.74) is 9.80. The second-order valence-corrected chi connectivity index (χ2v) is 17.0. The molecule has 14 heteroatoms. The number of carbonyl (C=O) groups excluding carboxylic acids is 2. The van der Waals surface area contributed by atoms with E-state index in [1.54, 1.807) is 12.1 Å². The lowest BCUT2D eigenvalue weighted by Gasteiger charge is -2.34. The third-order valence-electron chi connectivity index (χ3n) is 11.5. The molecule has 3 fully saturated rings. The first-order valence-corrected chi connectivity index (χ1v) is 21.8. The molecule has 2 unspecified atom stereocenters. The normalized spacial score (nSPS) is 18.6. The molecule has 0 spiro atoms. The van der Waals surface area contributed by atoms with Crippen molar-refractivity contribution in [1.29, 1.82) is 0 Å². The molecule has 1 aliphatic carbocycles. The largest absolute Gasteiger partial charge is 0.467 e. The number of likely N-dealkylation sites (N-methyl/N-ethyl adjacent to an activating group) is 1. The Labute approximate surface area is 348 Å². The van der Waals surface area contributed by atoms with E-state index in [0.717, 1.165) is 115 Å². The Morgan fingerprint density at radius 1 is 1.12 bits per heavy atom. The van der Waals surface area contributed by atoms with E-state index in [-0.39, 0.29) is 30.0 Å². The summed E-state index contributed by atoms with van der Waals surface area (Å²) in [4.78, 5) is 39.4. The fourth-order valence-electron chi connectivity index (χ4n) is 7.71. The molecule has 4 heterocycles. The standard InChI is InChI=1S/C44H63N7O6S/c1-8-56-41(25-42(53)51-16-10-9-15-46-51)43-47-38(28-58-43)34-11-12-39-35(23-34)36(26-44(13-14-44)29-55-30-52)40(50(39)21-22-57-31(2)3)24-37(33(5)54-7)45-27-32(4)49-19-17-48(6)18-20-49/h11-12,23-24,27-28,30-31,33,41,46H,4,8-10,13-22,25-26,29H2,1-3,5-7H3/b37-24+,45-27?. The van der Waals surface area contributed by atoms with E-state index in [9.17, 15) is 9.59 Å². The van der Waals surface area contributed by atoms with Crippen LogP contribution in [0.4, 0.5) is 0 Å². The van der Waals surface area contributed by atoms with E-state index < -0.39 is 6.10 Å². The lowest BCUT2D eigenvalue weighted by Crippen LogP contribution is -2.47. The van der Waals surface area contributed by atoms with Crippen molar-refractivity contribution in [3.05, 3.63) is 57.8 Å². The zero-order valence-electron chi connectivity index (χ0n) is 35.3. The van der Waals surface area contributed by atoms with Gasteiger partial charge in [-0.25, -0.2) is 10.4 Å². The molecular formula is C44H63N7O6S. The SMILES string of the molecule is C=C(C=N/C(=C/c1c(CC2(COC=O)CC2)c2cc(-c3csc(C(CC(=O)N4CCCCN4)OCC)n3)ccc2n1CCOC(C)C)C(C)OC)N1CCN(C)CC1. The van der Waals surface area contributed by atoms with Gasteiger partial charge in [0.1, 0.15) is 11.1 Å². The van der Waals surface area contributed by atoms with Crippen molar-refractivity contribution in [2.24, 2.45) is 10.4 Å². The molecule has 0 bridgehead atoms. The maximum atomic E-state index is 13.2. The molecule has 1 amide bonds. The number of nitrogens with one attached hydrogen (secondary N) is 1. The van der Waals surface area contributed by atoms with Crippen LogP contribution in [-0.2, 0) is 41.5 Å². The summed E-state index contributed by atoms with van der Waals surface area (Å²) in [6.07, 6.45) is 8.33. The summed E-state index contributed by atoms with van der Waals surface area (Å²) in [5.74, 6) is 0.0204. The summed E-state index contributed by atoms with van der Waals surface area (Å²) in [5, 5.41) is 5.67. The number of ether oxygens (including phenoxy) is 4. The first-order valence-electron chi connectivity index (χ1n) is 20.9. The van der Waals surface area contributed by atoms with Crippen LogP contribution in [0.5, 0.6) is 0 Å². The number of aromatic nitrogens is 2. The van der Waals surface area contributed by atoms with E-state index in [0.29, 0.717) is 39.4 Å². The number of piperazine rings is 1. The molecule has 13 nitrogen and oxygen atoms in total.